The fourth-order valence-corrected chi connectivity index (χ4v) is 2.64. The van der Waals surface area contributed by atoms with Gasteiger partial charge >= 0.3 is 0 Å². The average Bonchev–Trinajstić information content (AvgIpc) is 1.78. The number of amides is 2. The van der Waals surface area contributed by atoms with Gasteiger partial charge in [0.05, 0.1) is 11.5 Å². The Morgan fingerprint density at radius 3 is 2.00 bits per heavy atom. The molecule has 0 aromatic rings. The molecule has 74 valence electrons. The van der Waals surface area contributed by atoms with Gasteiger partial charge in [-0.3, -0.25) is 18.7 Å². The Bertz CT molecular complexity index is 318. The first kappa shape index (κ1) is 10.2. The van der Waals surface area contributed by atoms with Crippen molar-refractivity contribution < 1.29 is 13.8 Å². The highest BCUT2D eigenvalue weighted by Gasteiger charge is 2.33. The maximum absolute atomic E-state index is 11.4. The van der Waals surface area contributed by atoms with Crippen LogP contribution >= 0.6 is 0 Å². The van der Waals surface area contributed by atoms with Gasteiger partial charge in [0.25, 0.3) is 0 Å². The molecule has 0 radical (unpaired) electrons. The predicted molar refractivity (Wildman–Crippen MR) is 52.0 cm³/mol. The molecule has 4 nitrogen and oxygen atoms in total. The highest BCUT2D eigenvalue weighted by atomic mass is 32.2. The van der Waals surface area contributed by atoms with Gasteiger partial charge in [0.2, 0.25) is 11.8 Å². The lowest BCUT2D eigenvalue weighted by Crippen LogP contribution is -2.52. The Morgan fingerprint density at radius 1 is 1.31 bits per heavy atom. The summed E-state index contributed by atoms with van der Waals surface area (Å²) in [6.07, 6.45) is 0. The first-order valence-corrected chi connectivity index (χ1v) is 6.07. The normalized spacial score (nSPS) is 22.5. The molecule has 1 rings (SSSR count). The number of carbonyl (C=O) groups is 2. The minimum absolute atomic E-state index is 0.100. The largest absolute Gasteiger partial charge is 0.279 e. The molecule has 0 atom stereocenters. The van der Waals surface area contributed by atoms with Crippen LogP contribution in [0.25, 0.3) is 0 Å². The fourth-order valence-electron chi connectivity index (χ4n) is 1.36. The number of hydrogen-bond donors (Lipinski definition) is 0. The van der Waals surface area contributed by atoms with Crippen LogP contribution in [-0.4, -0.2) is 44.3 Å². The van der Waals surface area contributed by atoms with Gasteiger partial charge in [-0.05, 0) is 29.2 Å². The van der Waals surface area contributed by atoms with Crippen molar-refractivity contribution in [3.63, 3.8) is 0 Å². The fraction of sp³-hybridized carbons (Fsp3) is 0.625. The molecule has 0 aromatic heterocycles. The zero-order valence-electron chi connectivity index (χ0n) is 7.78. The summed E-state index contributed by atoms with van der Waals surface area (Å²) in [4.78, 5) is 23.9. The molecule has 5 heteroatoms. The van der Waals surface area contributed by atoms with Gasteiger partial charge in [0.15, 0.2) is 0 Å². The monoisotopic (exact) mass is 203 g/mol. The van der Waals surface area contributed by atoms with E-state index in [1.807, 2.05) is 0 Å². The number of nitrogens with zero attached hydrogens (tertiary/aromatic N) is 1. The summed E-state index contributed by atoms with van der Waals surface area (Å²) in [5.74, 6) is 2.44. The van der Waals surface area contributed by atoms with Gasteiger partial charge in [-0.1, -0.05) is 0 Å². The summed E-state index contributed by atoms with van der Waals surface area (Å²) in [7, 11) is -2.49. The molecule has 13 heavy (non-hydrogen) atoms. The Hall–Kier alpha value is -0.840. The lowest BCUT2D eigenvalue weighted by molar-refractivity contribution is -0.144. The van der Waals surface area contributed by atoms with E-state index in [2.05, 4.69) is 5.87 Å². The molecule has 1 fully saturated rings. The molecule has 1 aliphatic rings. The third kappa shape index (κ3) is 2.09. The van der Waals surface area contributed by atoms with E-state index in [0.717, 1.165) is 4.90 Å². The molecule has 1 aliphatic heterocycles. The molecule has 0 aromatic carbocycles. The Balaban J connectivity index is 2.96. The zero-order chi connectivity index (χ0) is 10.2. The van der Waals surface area contributed by atoms with Crippen molar-refractivity contribution in [1.29, 1.82) is 0 Å². The van der Waals surface area contributed by atoms with Crippen LogP contribution in [0.5, 0.6) is 0 Å². The van der Waals surface area contributed by atoms with Crippen LogP contribution in [0.1, 0.15) is 13.8 Å². The van der Waals surface area contributed by atoms with Crippen LogP contribution in [0.15, 0.2) is 0 Å². The highest BCUT2D eigenvalue weighted by molar-refractivity contribution is 8.01. The second-order valence-electron chi connectivity index (χ2n) is 3.51. The van der Waals surface area contributed by atoms with E-state index in [9.17, 15) is 13.8 Å². The number of imide groups is 1. The zero-order valence-corrected chi connectivity index (χ0v) is 8.60. The van der Waals surface area contributed by atoms with Gasteiger partial charge in [0.1, 0.15) is 0 Å². The summed E-state index contributed by atoms with van der Waals surface area (Å²) in [6.45, 7) is 3.51. The molecule has 0 bridgehead atoms. The molecule has 2 amide bonds. The summed E-state index contributed by atoms with van der Waals surface area (Å²) >= 11 is 0. The van der Waals surface area contributed by atoms with Crippen LogP contribution < -0.4 is 0 Å². The third-order valence-electron chi connectivity index (χ3n) is 1.83. The van der Waals surface area contributed by atoms with E-state index in [1.165, 1.54) is 0 Å². The lowest BCUT2D eigenvalue weighted by atomic mass is 10.3. The Morgan fingerprint density at radius 2 is 1.69 bits per heavy atom. The maximum Gasteiger partial charge on any atom is 0.241 e. The average molecular weight is 203 g/mol. The lowest BCUT2D eigenvalue weighted by Gasteiger charge is -2.29. The molecule has 1 saturated heterocycles. The van der Waals surface area contributed by atoms with Crippen LogP contribution in [-0.2, 0) is 19.1 Å². The predicted octanol–water partition coefficient (Wildman–Crippen LogP) is -0.520. The van der Waals surface area contributed by atoms with Crippen molar-refractivity contribution in [3.05, 3.63) is 0 Å². The van der Waals surface area contributed by atoms with E-state index in [4.69, 9.17) is 0 Å². The second-order valence-corrected chi connectivity index (χ2v) is 6.02. The van der Waals surface area contributed by atoms with Gasteiger partial charge in [-0.2, -0.15) is 0 Å². The van der Waals surface area contributed by atoms with Gasteiger partial charge in [-0.25, -0.2) is 0 Å². The van der Waals surface area contributed by atoms with Crippen LogP contribution in [0.4, 0.5) is 0 Å². The highest BCUT2D eigenvalue weighted by Crippen LogP contribution is 2.10. The van der Waals surface area contributed by atoms with Crippen molar-refractivity contribution >= 4 is 27.2 Å². The Labute approximate surface area is 77.9 Å². The molecular weight excluding hydrogens is 190 g/mol. The summed E-state index contributed by atoms with van der Waals surface area (Å²) < 4.78 is 11.4. The van der Waals surface area contributed by atoms with Crippen molar-refractivity contribution in [2.24, 2.45) is 0 Å². The van der Waals surface area contributed by atoms with Crippen LogP contribution in [0, 0.1) is 0 Å². The number of hydrogen-bond acceptors (Lipinski definition) is 3. The van der Waals surface area contributed by atoms with Gasteiger partial charge < -0.3 is 0 Å². The van der Waals surface area contributed by atoms with Crippen molar-refractivity contribution in [1.82, 2.24) is 4.90 Å². The van der Waals surface area contributed by atoms with Crippen molar-refractivity contribution in [2.45, 2.75) is 19.9 Å². The van der Waals surface area contributed by atoms with E-state index < -0.39 is 9.52 Å². The molecule has 0 saturated carbocycles. The topological polar surface area (TPSA) is 54.5 Å². The minimum atomic E-state index is -2.49. The minimum Gasteiger partial charge on any atom is -0.279 e. The Kier molecular flexibility index (Phi) is 2.47. The first-order chi connectivity index (χ1) is 5.83. The second kappa shape index (κ2) is 3.14. The first-order valence-electron chi connectivity index (χ1n) is 4.01. The molecule has 0 aliphatic carbocycles. The molecule has 0 unspecified atom stereocenters. The third-order valence-corrected chi connectivity index (χ3v) is 3.37. The van der Waals surface area contributed by atoms with Gasteiger partial charge in [-0.15, -0.1) is 0 Å². The molecule has 0 spiro atoms. The quantitative estimate of drug-likeness (QED) is 0.425. The molecule has 1 heterocycles. The van der Waals surface area contributed by atoms with Crippen molar-refractivity contribution in [3.8, 4) is 0 Å². The number of rotatable bonds is 1. The van der Waals surface area contributed by atoms with Crippen molar-refractivity contribution in [2.75, 3.05) is 11.5 Å². The molecule has 0 N–H and O–H groups in total. The van der Waals surface area contributed by atoms with E-state index in [-0.39, 0.29) is 29.4 Å². The van der Waals surface area contributed by atoms with Gasteiger partial charge in [0, 0.05) is 6.04 Å². The molecular formula is C8H13NO3S. The van der Waals surface area contributed by atoms with E-state index >= 15 is 0 Å². The maximum atomic E-state index is 11.4. The van der Waals surface area contributed by atoms with E-state index in [0.29, 0.717) is 0 Å². The van der Waals surface area contributed by atoms with E-state index in [1.54, 1.807) is 13.8 Å². The summed E-state index contributed by atoms with van der Waals surface area (Å²) in [5.41, 5.74) is 0. The standard InChI is InChI=1S/C8H13NO3S/c1-6(2)9-7(10)4-13(3,12)5-8(9)11/h6H,3-5H2,1-2H3. The summed E-state index contributed by atoms with van der Waals surface area (Å²) in [5, 5.41) is 0. The SMILES string of the molecule is C=S1(=O)CC(=O)N(C(C)C)C(=O)C1. The summed E-state index contributed by atoms with van der Waals surface area (Å²) in [6, 6.07) is -0.157. The van der Waals surface area contributed by atoms with Crippen LogP contribution in [0.3, 0.4) is 0 Å². The number of carbonyl (C=O) groups excluding carboxylic acids is 2. The van der Waals surface area contributed by atoms with Crippen LogP contribution in [0.2, 0.25) is 0 Å². The smallest absolute Gasteiger partial charge is 0.241 e.